The number of hydrogen-bond acceptors (Lipinski definition) is 5. The molecule has 0 fully saturated rings. The second-order valence-electron chi connectivity index (χ2n) is 6.81. The molecule has 1 N–H and O–H groups in total. The first-order valence-corrected chi connectivity index (χ1v) is 9.68. The molecule has 2 aromatic heterocycles. The van der Waals surface area contributed by atoms with E-state index in [1.54, 1.807) is 17.5 Å². The van der Waals surface area contributed by atoms with Crippen LogP contribution in [0.4, 0.5) is 8.78 Å². The Balaban J connectivity index is 1.54. The Kier molecular flexibility index (Phi) is 3.92. The highest BCUT2D eigenvalue weighted by Crippen LogP contribution is 2.37. The minimum atomic E-state index is -2.97. The normalized spacial score (nSPS) is 13.2. The fourth-order valence-electron chi connectivity index (χ4n) is 3.22. The lowest BCUT2D eigenvalue weighted by Gasteiger charge is -2.11. The van der Waals surface area contributed by atoms with Crippen molar-refractivity contribution in [1.82, 2.24) is 9.97 Å². The molecule has 8 heteroatoms. The van der Waals surface area contributed by atoms with Gasteiger partial charge >= 0.3 is 0 Å². The van der Waals surface area contributed by atoms with E-state index in [0.717, 1.165) is 17.5 Å². The Morgan fingerprint density at radius 3 is 2.76 bits per heavy atom. The minimum absolute atomic E-state index is 0.146. The summed E-state index contributed by atoms with van der Waals surface area (Å²) in [4.78, 5) is 19.9. The molecule has 4 aromatic rings. The van der Waals surface area contributed by atoms with Crippen molar-refractivity contribution in [3.05, 3.63) is 63.8 Å². The zero-order chi connectivity index (χ0) is 20.2. The van der Waals surface area contributed by atoms with Gasteiger partial charge in [-0.05, 0) is 35.7 Å². The van der Waals surface area contributed by atoms with Crippen molar-refractivity contribution in [2.24, 2.45) is 0 Å². The van der Waals surface area contributed by atoms with Gasteiger partial charge < -0.3 is 14.5 Å². The predicted molar refractivity (Wildman–Crippen MR) is 107 cm³/mol. The van der Waals surface area contributed by atoms with E-state index in [1.165, 1.54) is 23.5 Å². The summed E-state index contributed by atoms with van der Waals surface area (Å²) in [5.74, 6) is -1.63. The standard InChI is InChI=1S/C21H14F2N2O3S/c1-21(22,23)13-4-2-11-6-14(19(26)24-15(11)8-13)16-9-29-20(25-16)12-3-5-17-18(7-12)28-10-27-17/h2-9H,10H2,1H3,(H,24,26). The van der Waals surface area contributed by atoms with Crippen molar-refractivity contribution in [1.29, 1.82) is 0 Å². The summed E-state index contributed by atoms with van der Waals surface area (Å²) >= 11 is 1.40. The maximum atomic E-state index is 13.6. The third-order valence-electron chi connectivity index (χ3n) is 4.75. The molecular weight excluding hydrogens is 398 g/mol. The molecule has 0 saturated carbocycles. The minimum Gasteiger partial charge on any atom is -0.454 e. The van der Waals surface area contributed by atoms with Crippen LogP contribution < -0.4 is 15.0 Å². The predicted octanol–water partition coefficient (Wildman–Crippen LogP) is 5.16. The molecule has 0 aliphatic carbocycles. The Hall–Kier alpha value is -3.26. The second-order valence-corrected chi connectivity index (χ2v) is 7.67. The number of thiazole rings is 1. The number of H-pyrrole nitrogens is 1. The van der Waals surface area contributed by atoms with E-state index in [4.69, 9.17) is 9.47 Å². The van der Waals surface area contributed by atoms with Crippen LogP contribution in [0.5, 0.6) is 11.5 Å². The maximum Gasteiger partial charge on any atom is 0.270 e. The van der Waals surface area contributed by atoms with Crippen molar-refractivity contribution in [2.45, 2.75) is 12.8 Å². The van der Waals surface area contributed by atoms with Gasteiger partial charge in [0.25, 0.3) is 11.5 Å². The lowest BCUT2D eigenvalue weighted by Crippen LogP contribution is -2.11. The largest absolute Gasteiger partial charge is 0.454 e. The fourth-order valence-corrected chi connectivity index (χ4v) is 4.04. The second kappa shape index (κ2) is 6.38. The Morgan fingerprint density at radius 1 is 1.10 bits per heavy atom. The van der Waals surface area contributed by atoms with Crippen LogP contribution in [0.15, 0.2) is 52.6 Å². The van der Waals surface area contributed by atoms with Gasteiger partial charge in [0.1, 0.15) is 5.01 Å². The van der Waals surface area contributed by atoms with Crippen LogP contribution in [-0.4, -0.2) is 16.8 Å². The average molecular weight is 412 g/mol. The Bertz CT molecular complexity index is 1310. The first-order valence-electron chi connectivity index (χ1n) is 8.80. The lowest BCUT2D eigenvalue weighted by atomic mass is 10.1. The number of fused-ring (bicyclic) bond motifs is 2. The summed E-state index contributed by atoms with van der Waals surface area (Å²) < 4.78 is 37.8. The van der Waals surface area contributed by atoms with Crippen LogP contribution >= 0.6 is 11.3 Å². The smallest absolute Gasteiger partial charge is 0.270 e. The SMILES string of the molecule is CC(F)(F)c1ccc2cc(-c3csc(-c4ccc5c(c4)OCO5)n3)c(=O)[nH]c2c1. The number of aromatic nitrogens is 2. The lowest BCUT2D eigenvalue weighted by molar-refractivity contribution is 0.0176. The molecule has 0 spiro atoms. The van der Waals surface area contributed by atoms with E-state index in [-0.39, 0.29) is 17.9 Å². The van der Waals surface area contributed by atoms with E-state index < -0.39 is 5.92 Å². The summed E-state index contributed by atoms with van der Waals surface area (Å²) in [6.45, 7) is 1.02. The van der Waals surface area contributed by atoms with Crippen LogP contribution in [0.25, 0.3) is 32.7 Å². The molecule has 1 aliphatic heterocycles. The molecule has 1 aliphatic rings. The number of ether oxygens (including phenoxy) is 2. The number of hydrogen-bond donors (Lipinski definition) is 1. The first kappa shape index (κ1) is 17.8. The van der Waals surface area contributed by atoms with E-state index in [2.05, 4.69) is 9.97 Å². The highest BCUT2D eigenvalue weighted by Gasteiger charge is 2.24. The van der Waals surface area contributed by atoms with Gasteiger partial charge in [0.05, 0.1) is 11.3 Å². The van der Waals surface area contributed by atoms with Gasteiger partial charge in [0.2, 0.25) is 6.79 Å². The zero-order valence-corrected chi connectivity index (χ0v) is 16.0. The third-order valence-corrected chi connectivity index (χ3v) is 5.64. The molecule has 5 rings (SSSR count). The first-order chi connectivity index (χ1) is 13.9. The number of nitrogens with one attached hydrogen (secondary N) is 1. The molecular formula is C21H14F2N2O3S. The summed E-state index contributed by atoms with van der Waals surface area (Å²) in [5, 5.41) is 3.19. The van der Waals surface area contributed by atoms with Crippen LogP contribution in [0.1, 0.15) is 12.5 Å². The summed E-state index contributed by atoms with van der Waals surface area (Å²) in [6, 6.07) is 11.5. The molecule has 0 amide bonds. The number of aromatic amines is 1. The molecule has 0 unspecified atom stereocenters. The van der Waals surface area contributed by atoms with Crippen molar-refractivity contribution in [3.8, 4) is 33.3 Å². The van der Waals surface area contributed by atoms with Crippen molar-refractivity contribution < 1.29 is 18.3 Å². The number of benzene rings is 2. The van der Waals surface area contributed by atoms with Gasteiger partial charge in [0.15, 0.2) is 11.5 Å². The molecule has 0 radical (unpaired) electrons. The topological polar surface area (TPSA) is 64.2 Å². The molecule has 29 heavy (non-hydrogen) atoms. The average Bonchev–Trinajstić information content (AvgIpc) is 3.35. The zero-order valence-electron chi connectivity index (χ0n) is 15.2. The molecule has 0 bridgehead atoms. The van der Waals surface area contributed by atoms with Crippen LogP contribution in [-0.2, 0) is 5.92 Å². The number of halogens is 2. The van der Waals surface area contributed by atoms with Crippen molar-refractivity contribution >= 4 is 22.2 Å². The Labute approximate surface area is 167 Å². The van der Waals surface area contributed by atoms with E-state index in [1.807, 2.05) is 18.2 Å². The monoisotopic (exact) mass is 412 g/mol. The van der Waals surface area contributed by atoms with Gasteiger partial charge in [-0.1, -0.05) is 12.1 Å². The number of nitrogens with zero attached hydrogens (tertiary/aromatic N) is 1. The number of rotatable bonds is 3. The van der Waals surface area contributed by atoms with Crippen molar-refractivity contribution in [3.63, 3.8) is 0 Å². The number of pyridine rings is 1. The van der Waals surface area contributed by atoms with Crippen LogP contribution in [0, 0.1) is 0 Å². The fraction of sp³-hybridized carbons (Fsp3) is 0.143. The third kappa shape index (κ3) is 3.15. The van der Waals surface area contributed by atoms with Gasteiger partial charge in [-0.2, -0.15) is 0 Å². The van der Waals surface area contributed by atoms with E-state index in [9.17, 15) is 13.6 Å². The quantitative estimate of drug-likeness (QED) is 0.505. The van der Waals surface area contributed by atoms with E-state index >= 15 is 0 Å². The highest BCUT2D eigenvalue weighted by atomic mass is 32.1. The van der Waals surface area contributed by atoms with E-state index in [0.29, 0.717) is 33.7 Å². The molecule has 0 atom stereocenters. The summed E-state index contributed by atoms with van der Waals surface area (Å²) in [5.41, 5.74) is 1.61. The highest BCUT2D eigenvalue weighted by molar-refractivity contribution is 7.13. The summed E-state index contributed by atoms with van der Waals surface area (Å²) in [7, 11) is 0. The molecule has 0 saturated heterocycles. The number of alkyl halides is 2. The molecule has 3 heterocycles. The molecule has 2 aromatic carbocycles. The van der Waals surface area contributed by atoms with Gasteiger partial charge in [0, 0.05) is 28.9 Å². The Morgan fingerprint density at radius 2 is 1.93 bits per heavy atom. The van der Waals surface area contributed by atoms with Gasteiger partial charge in [-0.15, -0.1) is 11.3 Å². The van der Waals surface area contributed by atoms with Gasteiger partial charge in [-0.3, -0.25) is 4.79 Å². The van der Waals surface area contributed by atoms with Crippen molar-refractivity contribution in [2.75, 3.05) is 6.79 Å². The van der Waals surface area contributed by atoms with Gasteiger partial charge in [-0.25, -0.2) is 13.8 Å². The molecule has 146 valence electrons. The summed E-state index contributed by atoms with van der Waals surface area (Å²) in [6.07, 6.45) is 0. The maximum absolute atomic E-state index is 13.6. The molecule has 5 nitrogen and oxygen atoms in total. The van der Waals surface area contributed by atoms with Crippen LogP contribution in [0.3, 0.4) is 0 Å². The van der Waals surface area contributed by atoms with Crippen LogP contribution in [0.2, 0.25) is 0 Å².